The molecule has 4 aromatic rings. The Balaban J connectivity index is 2.00. The number of nitrogens with zero attached hydrogens (tertiary/aromatic N) is 4. The number of aromatic nitrogens is 4. The molecule has 0 saturated heterocycles. The van der Waals surface area contributed by atoms with Crippen LogP contribution in [0.2, 0.25) is 25.7 Å². The van der Waals surface area contributed by atoms with Crippen molar-refractivity contribution in [1.82, 2.24) is 19.5 Å². The SMILES string of the molecule is CC(=O)Nc1cc(-c2c(-c3cccc(C(F)F)n3)c3nccc(C=O)c3n2COCC[Si](C)(C)C)ccn1. The van der Waals surface area contributed by atoms with E-state index in [1.54, 1.807) is 24.3 Å². The van der Waals surface area contributed by atoms with Gasteiger partial charge in [0.2, 0.25) is 5.91 Å². The van der Waals surface area contributed by atoms with Gasteiger partial charge in [0.05, 0.1) is 28.0 Å². The predicted molar refractivity (Wildman–Crippen MR) is 145 cm³/mol. The van der Waals surface area contributed by atoms with Crippen molar-refractivity contribution < 1.29 is 23.1 Å². The zero-order valence-corrected chi connectivity index (χ0v) is 22.7. The van der Waals surface area contributed by atoms with Crippen molar-refractivity contribution in [1.29, 1.82) is 0 Å². The van der Waals surface area contributed by atoms with E-state index in [0.717, 1.165) is 12.3 Å². The van der Waals surface area contributed by atoms with E-state index in [0.29, 0.717) is 45.8 Å². The molecule has 4 aromatic heterocycles. The van der Waals surface area contributed by atoms with Crippen LogP contribution in [0.3, 0.4) is 0 Å². The summed E-state index contributed by atoms with van der Waals surface area (Å²) >= 11 is 0. The van der Waals surface area contributed by atoms with Crippen LogP contribution in [-0.4, -0.2) is 46.4 Å². The van der Waals surface area contributed by atoms with E-state index in [4.69, 9.17) is 4.74 Å². The van der Waals surface area contributed by atoms with Crippen LogP contribution in [0.1, 0.15) is 29.4 Å². The van der Waals surface area contributed by atoms with Gasteiger partial charge in [0.1, 0.15) is 18.2 Å². The van der Waals surface area contributed by atoms with E-state index in [1.165, 1.54) is 31.5 Å². The fourth-order valence-electron chi connectivity index (χ4n) is 4.13. The minimum atomic E-state index is -2.76. The molecular formula is C27H29F2N5O3Si. The number of hydrogen-bond donors (Lipinski definition) is 1. The monoisotopic (exact) mass is 537 g/mol. The number of aldehydes is 1. The molecule has 4 rings (SSSR count). The fraction of sp³-hybridized carbons (Fsp3) is 0.296. The number of hydrogen-bond acceptors (Lipinski definition) is 6. The highest BCUT2D eigenvalue weighted by Gasteiger charge is 2.25. The maximum absolute atomic E-state index is 13.6. The van der Waals surface area contributed by atoms with Gasteiger partial charge in [-0.25, -0.2) is 18.7 Å². The smallest absolute Gasteiger partial charge is 0.280 e. The number of rotatable bonds is 10. The van der Waals surface area contributed by atoms with E-state index < -0.39 is 14.5 Å². The molecule has 0 aliphatic rings. The zero-order valence-electron chi connectivity index (χ0n) is 21.7. The number of amides is 1. The van der Waals surface area contributed by atoms with Crippen LogP contribution in [0.4, 0.5) is 14.6 Å². The average molecular weight is 538 g/mol. The van der Waals surface area contributed by atoms with Crippen LogP contribution in [0, 0.1) is 0 Å². The first kappa shape index (κ1) is 27.2. The molecule has 0 aromatic carbocycles. The Bertz CT molecular complexity index is 1480. The van der Waals surface area contributed by atoms with Crippen LogP contribution >= 0.6 is 0 Å². The standard InChI is InChI=1S/C27H29F2N5O3Si/c1-17(36)32-22-14-18(8-10-30-22)25-23(20-6-5-7-21(33-20)27(28)29)24-26(19(15-35)9-11-31-24)34(25)16-37-12-13-38(2,3)4/h5-11,14-15,27H,12-13,16H2,1-4H3,(H,30,32,36). The van der Waals surface area contributed by atoms with Gasteiger partial charge in [0.25, 0.3) is 6.43 Å². The number of anilines is 1. The summed E-state index contributed by atoms with van der Waals surface area (Å²) in [6.07, 6.45) is 1.01. The summed E-state index contributed by atoms with van der Waals surface area (Å²) < 4.78 is 35.1. The van der Waals surface area contributed by atoms with Crippen molar-refractivity contribution in [2.45, 2.75) is 45.8 Å². The largest absolute Gasteiger partial charge is 0.361 e. The van der Waals surface area contributed by atoms with Crippen LogP contribution in [-0.2, 0) is 16.3 Å². The van der Waals surface area contributed by atoms with Gasteiger partial charge in [-0.3, -0.25) is 14.6 Å². The summed E-state index contributed by atoms with van der Waals surface area (Å²) in [5.41, 5.74) is 2.85. The van der Waals surface area contributed by atoms with E-state index >= 15 is 0 Å². The number of carbonyl (C=O) groups is 2. The van der Waals surface area contributed by atoms with E-state index in [2.05, 4.69) is 39.9 Å². The van der Waals surface area contributed by atoms with Gasteiger partial charge in [-0.2, -0.15) is 0 Å². The predicted octanol–water partition coefficient (Wildman–Crippen LogP) is 6.18. The Morgan fingerprint density at radius 1 is 1.16 bits per heavy atom. The highest BCUT2D eigenvalue weighted by atomic mass is 28.3. The molecule has 198 valence electrons. The van der Waals surface area contributed by atoms with Gasteiger partial charge in [-0.1, -0.05) is 25.7 Å². The van der Waals surface area contributed by atoms with Gasteiger partial charge in [0.15, 0.2) is 6.29 Å². The Kier molecular flexibility index (Phi) is 8.07. The number of halogens is 2. The molecular weight excluding hydrogens is 508 g/mol. The van der Waals surface area contributed by atoms with Crippen molar-refractivity contribution in [3.63, 3.8) is 0 Å². The number of alkyl halides is 2. The Labute approximate surface area is 220 Å². The number of pyridine rings is 3. The quantitative estimate of drug-likeness (QED) is 0.147. The summed E-state index contributed by atoms with van der Waals surface area (Å²) in [5, 5.41) is 2.67. The molecule has 0 atom stereocenters. The van der Waals surface area contributed by atoms with Crippen molar-refractivity contribution in [3.8, 4) is 22.5 Å². The van der Waals surface area contributed by atoms with Crippen LogP contribution in [0.15, 0.2) is 48.8 Å². The summed E-state index contributed by atoms with van der Waals surface area (Å²) in [7, 11) is -1.36. The van der Waals surface area contributed by atoms with Crippen molar-refractivity contribution in [3.05, 3.63) is 60.0 Å². The topological polar surface area (TPSA) is 99.0 Å². The van der Waals surface area contributed by atoms with Gasteiger partial charge in [-0.05, 0) is 36.4 Å². The maximum Gasteiger partial charge on any atom is 0.280 e. The van der Waals surface area contributed by atoms with Crippen LogP contribution < -0.4 is 5.32 Å². The van der Waals surface area contributed by atoms with Gasteiger partial charge in [0, 0.05) is 45.1 Å². The number of fused-ring (bicyclic) bond motifs is 1. The third-order valence-corrected chi connectivity index (χ3v) is 7.60. The molecule has 0 radical (unpaired) electrons. The highest BCUT2D eigenvalue weighted by molar-refractivity contribution is 6.76. The maximum atomic E-state index is 13.6. The van der Waals surface area contributed by atoms with Crippen molar-refractivity contribution in [2.75, 3.05) is 11.9 Å². The van der Waals surface area contributed by atoms with E-state index in [9.17, 15) is 18.4 Å². The third-order valence-electron chi connectivity index (χ3n) is 5.90. The van der Waals surface area contributed by atoms with Crippen molar-refractivity contribution >= 4 is 37.1 Å². The Hall–Kier alpha value is -3.83. The molecule has 0 spiro atoms. The lowest BCUT2D eigenvalue weighted by Gasteiger charge is -2.17. The van der Waals surface area contributed by atoms with Crippen LogP contribution in [0.5, 0.6) is 0 Å². The van der Waals surface area contributed by atoms with E-state index in [-0.39, 0.29) is 24.0 Å². The summed E-state index contributed by atoms with van der Waals surface area (Å²) in [6, 6.07) is 10.4. The molecule has 0 bridgehead atoms. The first-order valence-electron chi connectivity index (χ1n) is 12.1. The lowest BCUT2D eigenvalue weighted by molar-refractivity contribution is -0.114. The molecule has 0 saturated carbocycles. The second-order valence-electron chi connectivity index (χ2n) is 10.1. The molecule has 0 aliphatic heterocycles. The minimum absolute atomic E-state index is 0.0924. The summed E-state index contributed by atoms with van der Waals surface area (Å²) in [4.78, 5) is 36.8. The lowest BCUT2D eigenvalue weighted by atomic mass is 10.0. The third kappa shape index (κ3) is 6.00. The first-order chi connectivity index (χ1) is 18.1. The van der Waals surface area contributed by atoms with Crippen molar-refractivity contribution in [2.24, 2.45) is 0 Å². The molecule has 1 N–H and O–H groups in total. The first-order valence-corrected chi connectivity index (χ1v) is 15.8. The van der Waals surface area contributed by atoms with E-state index in [1.807, 2.05) is 4.57 Å². The van der Waals surface area contributed by atoms with Gasteiger partial charge >= 0.3 is 0 Å². The summed E-state index contributed by atoms with van der Waals surface area (Å²) in [5.74, 6) is 0.0246. The second kappa shape index (κ2) is 11.3. The fourth-order valence-corrected chi connectivity index (χ4v) is 4.89. The summed E-state index contributed by atoms with van der Waals surface area (Å²) in [6.45, 7) is 8.75. The molecule has 0 aliphatic carbocycles. The highest BCUT2D eigenvalue weighted by Crippen LogP contribution is 2.41. The van der Waals surface area contributed by atoms with Gasteiger partial charge in [-0.15, -0.1) is 0 Å². The molecule has 4 heterocycles. The normalized spacial score (nSPS) is 11.8. The molecule has 38 heavy (non-hydrogen) atoms. The average Bonchev–Trinajstić information content (AvgIpc) is 3.20. The number of carbonyl (C=O) groups excluding carboxylic acids is 2. The molecule has 8 nitrogen and oxygen atoms in total. The number of ether oxygens (including phenoxy) is 1. The molecule has 11 heteroatoms. The number of nitrogens with one attached hydrogen (secondary N) is 1. The zero-order chi connectivity index (χ0) is 27.4. The second-order valence-corrected chi connectivity index (χ2v) is 15.7. The molecule has 1 amide bonds. The molecule has 0 fully saturated rings. The van der Waals surface area contributed by atoms with Crippen LogP contribution in [0.25, 0.3) is 33.5 Å². The lowest BCUT2D eigenvalue weighted by Crippen LogP contribution is -2.22. The molecule has 0 unspecified atom stereocenters. The van der Waals surface area contributed by atoms with Gasteiger partial charge < -0.3 is 14.6 Å². The minimum Gasteiger partial charge on any atom is -0.361 e. The Morgan fingerprint density at radius 2 is 1.92 bits per heavy atom. The Morgan fingerprint density at radius 3 is 2.61 bits per heavy atom.